The first-order chi connectivity index (χ1) is 15.0. The van der Waals surface area contributed by atoms with Crippen LogP contribution >= 0.6 is 0 Å². The number of allylic oxidation sites excluding steroid dienone is 4. The average Bonchev–Trinajstić information content (AvgIpc) is 2.76. The number of nitrogens with zero attached hydrogens (tertiary/aromatic N) is 1. The van der Waals surface area contributed by atoms with E-state index in [1.54, 1.807) is 20.3 Å². The molecule has 7 heteroatoms. The smallest absolute Gasteiger partial charge is 0.305 e. The number of carboxylic acid groups (broad SMARTS) is 1. The number of carboxylic acids is 1. The van der Waals surface area contributed by atoms with Gasteiger partial charge in [-0.05, 0) is 43.4 Å². The van der Waals surface area contributed by atoms with Crippen LogP contribution in [-0.4, -0.2) is 48.3 Å². The van der Waals surface area contributed by atoms with Gasteiger partial charge in [-0.2, -0.15) is 0 Å². The van der Waals surface area contributed by atoms with E-state index in [4.69, 9.17) is 9.47 Å². The van der Waals surface area contributed by atoms with E-state index >= 15 is 0 Å². The molecule has 7 nitrogen and oxygen atoms in total. The molecule has 0 radical (unpaired) electrons. The summed E-state index contributed by atoms with van der Waals surface area (Å²) in [6.45, 7) is 0.270. The summed E-state index contributed by atoms with van der Waals surface area (Å²) in [6, 6.07) is 5.53. The first-order valence-corrected chi connectivity index (χ1v) is 10.7. The van der Waals surface area contributed by atoms with Crippen LogP contribution in [0.2, 0.25) is 0 Å². The minimum Gasteiger partial charge on any atom is -0.493 e. The van der Waals surface area contributed by atoms with Gasteiger partial charge in [-0.25, -0.2) is 0 Å². The van der Waals surface area contributed by atoms with Crippen molar-refractivity contribution in [1.82, 2.24) is 4.90 Å². The lowest BCUT2D eigenvalue weighted by atomic mass is 9.71. The molecule has 1 aliphatic heterocycles. The number of ketones is 2. The summed E-state index contributed by atoms with van der Waals surface area (Å²) >= 11 is 0. The Balaban J connectivity index is 1.91. The molecular weight excluding hydrogens is 398 g/mol. The number of rotatable bonds is 6. The van der Waals surface area contributed by atoms with Crippen LogP contribution in [0.15, 0.2) is 40.7 Å². The van der Waals surface area contributed by atoms with Gasteiger partial charge < -0.3 is 19.5 Å². The Morgan fingerprint density at radius 3 is 2.06 bits per heavy atom. The number of aliphatic carboxylic acids is 1. The van der Waals surface area contributed by atoms with E-state index in [0.717, 1.165) is 29.8 Å². The molecule has 2 aliphatic carbocycles. The van der Waals surface area contributed by atoms with Crippen molar-refractivity contribution in [2.24, 2.45) is 0 Å². The minimum absolute atomic E-state index is 0.0336. The largest absolute Gasteiger partial charge is 0.493 e. The second-order valence-electron chi connectivity index (χ2n) is 8.12. The molecule has 31 heavy (non-hydrogen) atoms. The number of benzene rings is 1. The molecule has 164 valence electrons. The third kappa shape index (κ3) is 3.73. The van der Waals surface area contributed by atoms with Gasteiger partial charge in [-0.15, -0.1) is 0 Å². The third-order valence-corrected chi connectivity index (χ3v) is 6.38. The lowest BCUT2D eigenvalue weighted by Gasteiger charge is -2.44. The zero-order valence-corrected chi connectivity index (χ0v) is 17.9. The van der Waals surface area contributed by atoms with Gasteiger partial charge >= 0.3 is 5.97 Å². The highest BCUT2D eigenvalue weighted by Crippen LogP contribution is 2.50. The fraction of sp³-hybridized carbons (Fsp3) is 0.458. The molecule has 0 spiro atoms. The molecule has 0 aromatic heterocycles. The van der Waals surface area contributed by atoms with Gasteiger partial charge in [0.15, 0.2) is 23.1 Å². The van der Waals surface area contributed by atoms with Crippen molar-refractivity contribution in [3.63, 3.8) is 0 Å². The van der Waals surface area contributed by atoms with Crippen molar-refractivity contribution in [1.29, 1.82) is 0 Å². The third-order valence-electron chi connectivity index (χ3n) is 6.38. The zero-order valence-electron chi connectivity index (χ0n) is 17.9. The van der Waals surface area contributed by atoms with Gasteiger partial charge in [0.2, 0.25) is 0 Å². The van der Waals surface area contributed by atoms with Gasteiger partial charge in [0.25, 0.3) is 0 Å². The standard InChI is InChI=1S/C24H27NO6/c1-30-19-10-9-14(13-20(19)31-2)22-23-15(5-3-7-17(23)26)25(12-11-21(28)29)16-6-4-8-18(27)24(16)22/h9-10,13,22H,3-8,11-12H2,1-2H3,(H,28,29). The molecule has 0 saturated heterocycles. The number of methoxy groups -OCH3 is 2. The minimum atomic E-state index is -0.893. The van der Waals surface area contributed by atoms with Crippen molar-refractivity contribution < 1.29 is 29.0 Å². The Labute approximate surface area is 181 Å². The summed E-state index contributed by atoms with van der Waals surface area (Å²) in [4.78, 5) is 39.6. The maximum Gasteiger partial charge on any atom is 0.305 e. The Bertz CT molecular complexity index is 961. The van der Waals surface area contributed by atoms with Crippen molar-refractivity contribution in [3.8, 4) is 11.5 Å². The Kier molecular flexibility index (Phi) is 5.85. The molecule has 1 heterocycles. The highest BCUT2D eigenvalue weighted by Gasteiger charge is 2.43. The van der Waals surface area contributed by atoms with Crippen LogP contribution in [0.1, 0.15) is 56.4 Å². The van der Waals surface area contributed by atoms with Gasteiger partial charge in [-0.3, -0.25) is 14.4 Å². The van der Waals surface area contributed by atoms with Crippen molar-refractivity contribution in [2.75, 3.05) is 20.8 Å². The molecule has 4 rings (SSSR count). The summed E-state index contributed by atoms with van der Waals surface area (Å²) in [7, 11) is 3.12. The van der Waals surface area contributed by atoms with Crippen molar-refractivity contribution >= 4 is 17.5 Å². The first kappa shape index (κ1) is 21.2. The van der Waals surface area contributed by atoms with Gasteiger partial charge in [0, 0.05) is 47.8 Å². The predicted octanol–water partition coefficient (Wildman–Crippen LogP) is 3.59. The van der Waals surface area contributed by atoms with E-state index in [2.05, 4.69) is 0 Å². The van der Waals surface area contributed by atoms with E-state index in [1.807, 2.05) is 17.0 Å². The summed E-state index contributed by atoms with van der Waals surface area (Å²) < 4.78 is 10.8. The number of carbonyl (C=O) groups excluding carboxylic acids is 2. The molecule has 0 bridgehead atoms. The van der Waals surface area contributed by atoms with Gasteiger partial charge in [-0.1, -0.05) is 6.07 Å². The van der Waals surface area contributed by atoms with Crippen molar-refractivity contribution in [2.45, 2.75) is 50.9 Å². The van der Waals surface area contributed by atoms with Crippen LogP contribution in [0.5, 0.6) is 11.5 Å². The zero-order chi connectivity index (χ0) is 22.1. The number of hydrogen-bond acceptors (Lipinski definition) is 6. The number of ether oxygens (including phenoxy) is 2. The summed E-state index contributed by atoms with van der Waals surface area (Å²) in [5.41, 5.74) is 3.85. The molecule has 1 aromatic carbocycles. The Morgan fingerprint density at radius 2 is 1.55 bits per heavy atom. The van der Waals surface area contributed by atoms with Gasteiger partial charge in [0.05, 0.1) is 20.6 Å². The maximum atomic E-state index is 13.2. The highest BCUT2D eigenvalue weighted by atomic mass is 16.5. The maximum absolute atomic E-state index is 13.2. The molecule has 0 atom stereocenters. The molecule has 0 unspecified atom stereocenters. The summed E-state index contributed by atoms with van der Waals surface area (Å²) in [5.74, 6) is -0.151. The van der Waals surface area contributed by atoms with Crippen LogP contribution < -0.4 is 9.47 Å². The van der Waals surface area contributed by atoms with Crippen LogP contribution in [0.25, 0.3) is 0 Å². The summed E-state index contributed by atoms with van der Waals surface area (Å²) in [5, 5.41) is 9.26. The first-order valence-electron chi connectivity index (χ1n) is 10.7. The molecular formula is C24H27NO6. The molecule has 1 aromatic rings. The fourth-order valence-corrected chi connectivity index (χ4v) is 5.06. The highest BCUT2D eigenvalue weighted by molar-refractivity contribution is 6.06. The molecule has 3 aliphatic rings. The monoisotopic (exact) mass is 425 g/mol. The second-order valence-corrected chi connectivity index (χ2v) is 8.12. The van der Waals surface area contributed by atoms with E-state index in [1.165, 1.54) is 0 Å². The molecule has 0 fully saturated rings. The van der Waals surface area contributed by atoms with Crippen LogP contribution in [0, 0.1) is 0 Å². The average molecular weight is 425 g/mol. The van der Waals surface area contributed by atoms with E-state index in [-0.39, 0.29) is 24.5 Å². The second kappa shape index (κ2) is 8.57. The molecule has 1 N–H and O–H groups in total. The number of carbonyl (C=O) groups is 3. The Hall–Kier alpha value is -3.09. The normalized spacial score (nSPS) is 19.4. The van der Waals surface area contributed by atoms with Crippen LogP contribution in [-0.2, 0) is 14.4 Å². The van der Waals surface area contributed by atoms with E-state index in [9.17, 15) is 19.5 Å². The lowest BCUT2D eigenvalue weighted by molar-refractivity contribution is -0.137. The molecule has 0 amide bonds. The molecule has 0 saturated carbocycles. The topological polar surface area (TPSA) is 93.1 Å². The SMILES string of the molecule is COc1ccc(C2C3=C(CCCC3=O)N(CCC(=O)O)C3=C2C(=O)CCC3)cc1OC. The Morgan fingerprint density at radius 1 is 0.968 bits per heavy atom. The fourth-order valence-electron chi connectivity index (χ4n) is 5.06. The predicted molar refractivity (Wildman–Crippen MR) is 113 cm³/mol. The number of Topliss-reactive ketones (excluding diaryl/α,β-unsaturated/α-hetero) is 2. The summed E-state index contributed by atoms with van der Waals surface area (Å²) in [6.07, 6.45) is 3.70. The van der Waals surface area contributed by atoms with Crippen LogP contribution in [0.3, 0.4) is 0 Å². The number of hydrogen-bond donors (Lipinski definition) is 1. The van der Waals surface area contributed by atoms with Crippen LogP contribution in [0.4, 0.5) is 0 Å². The van der Waals surface area contributed by atoms with E-state index < -0.39 is 11.9 Å². The quantitative estimate of drug-likeness (QED) is 0.744. The van der Waals surface area contributed by atoms with Gasteiger partial charge in [0.1, 0.15) is 0 Å². The van der Waals surface area contributed by atoms with E-state index in [0.29, 0.717) is 48.3 Å². The lowest BCUT2D eigenvalue weighted by Crippen LogP contribution is -2.39. The van der Waals surface area contributed by atoms with Crippen molar-refractivity contribution in [3.05, 3.63) is 46.3 Å².